The number of hydrogen-bond donors (Lipinski definition) is 1. The number of benzene rings is 3. The van der Waals surface area contributed by atoms with Gasteiger partial charge in [0.2, 0.25) is 0 Å². The molecule has 1 heterocycles. The number of amidine groups is 1. The van der Waals surface area contributed by atoms with E-state index in [0.717, 1.165) is 33.7 Å². The molecule has 4 rings (SSSR count). The van der Waals surface area contributed by atoms with E-state index in [0.29, 0.717) is 22.4 Å². The van der Waals surface area contributed by atoms with Gasteiger partial charge in [0, 0.05) is 21.7 Å². The first kappa shape index (κ1) is 19.0. The fraction of sp³-hybridized carbons (Fsp3) is 0.130. The molecule has 0 saturated heterocycles. The molecule has 146 valence electrons. The number of halogens is 1. The van der Waals surface area contributed by atoms with Gasteiger partial charge in [0.05, 0.1) is 19.9 Å². The van der Waals surface area contributed by atoms with Crippen LogP contribution in [0.5, 0.6) is 11.5 Å². The molecule has 0 fully saturated rings. The van der Waals surface area contributed by atoms with Crippen molar-refractivity contribution in [1.82, 2.24) is 5.43 Å². The third kappa shape index (κ3) is 3.82. The quantitative estimate of drug-likeness (QED) is 0.657. The summed E-state index contributed by atoms with van der Waals surface area (Å²) in [6.45, 7) is 2.05. The van der Waals surface area contributed by atoms with Gasteiger partial charge < -0.3 is 9.47 Å². The predicted octanol–water partition coefficient (Wildman–Crippen LogP) is 5.10. The average Bonchev–Trinajstić information content (AvgIpc) is 2.93. The molecule has 1 aliphatic rings. The van der Waals surface area contributed by atoms with Crippen molar-refractivity contribution in [3.63, 3.8) is 0 Å². The van der Waals surface area contributed by atoms with Gasteiger partial charge in [-0.2, -0.15) is 5.10 Å². The molecule has 0 radical (unpaired) electrons. The zero-order chi connectivity index (χ0) is 20.4. The summed E-state index contributed by atoms with van der Waals surface area (Å²) < 4.78 is 10.8. The highest BCUT2D eigenvalue weighted by molar-refractivity contribution is 6.30. The molecule has 3 aromatic carbocycles. The standard InChI is InChI=1S/C23H20ClN3O2/c1-14-4-10-19-18(12-14)22(16-7-11-20(28-2)21(13-16)29-3)26-27-23(25-19)15-5-8-17(24)9-6-15/h4-13H,1-3H3,(H,25,27). The molecule has 0 amide bonds. The predicted molar refractivity (Wildman–Crippen MR) is 117 cm³/mol. The number of nitrogens with zero attached hydrogens (tertiary/aromatic N) is 2. The molecule has 0 unspecified atom stereocenters. The number of hydrazone groups is 1. The number of fused-ring (bicyclic) bond motifs is 1. The summed E-state index contributed by atoms with van der Waals surface area (Å²) in [4.78, 5) is 4.82. The van der Waals surface area contributed by atoms with Crippen LogP contribution in [-0.2, 0) is 0 Å². The maximum atomic E-state index is 6.03. The van der Waals surface area contributed by atoms with E-state index in [1.807, 2.05) is 54.6 Å². The molecular weight excluding hydrogens is 386 g/mol. The van der Waals surface area contributed by atoms with E-state index in [1.54, 1.807) is 14.2 Å². The molecule has 29 heavy (non-hydrogen) atoms. The van der Waals surface area contributed by atoms with E-state index in [9.17, 15) is 0 Å². The Labute approximate surface area is 174 Å². The summed E-state index contributed by atoms with van der Waals surface area (Å²) in [6, 6.07) is 19.4. The molecule has 3 aromatic rings. The summed E-state index contributed by atoms with van der Waals surface area (Å²) in [5.74, 6) is 1.97. The van der Waals surface area contributed by atoms with Crippen LogP contribution in [0.2, 0.25) is 5.02 Å². The van der Waals surface area contributed by atoms with Gasteiger partial charge in [-0.15, -0.1) is 0 Å². The first-order chi connectivity index (χ1) is 14.1. The highest BCUT2D eigenvalue weighted by atomic mass is 35.5. The van der Waals surface area contributed by atoms with Gasteiger partial charge in [-0.1, -0.05) is 23.2 Å². The van der Waals surface area contributed by atoms with Crippen molar-refractivity contribution in [2.45, 2.75) is 6.92 Å². The molecule has 0 saturated carbocycles. The third-order valence-corrected chi connectivity index (χ3v) is 4.94. The van der Waals surface area contributed by atoms with Gasteiger partial charge in [-0.25, -0.2) is 4.99 Å². The Hall–Kier alpha value is -3.31. The minimum Gasteiger partial charge on any atom is -0.493 e. The fourth-order valence-electron chi connectivity index (χ4n) is 3.19. The minimum atomic E-state index is 0.644. The Bertz CT molecular complexity index is 1120. The Balaban J connectivity index is 1.85. The minimum absolute atomic E-state index is 0.644. The zero-order valence-electron chi connectivity index (χ0n) is 16.4. The summed E-state index contributed by atoms with van der Waals surface area (Å²) in [7, 11) is 3.24. The number of hydrogen-bond acceptors (Lipinski definition) is 5. The van der Waals surface area contributed by atoms with Gasteiger partial charge in [0.25, 0.3) is 0 Å². The van der Waals surface area contributed by atoms with Crippen molar-refractivity contribution >= 4 is 28.8 Å². The van der Waals surface area contributed by atoms with Gasteiger partial charge in [-0.05, 0) is 61.5 Å². The number of aryl methyl sites for hydroxylation is 1. The van der Waals surface area contributed by atoms with Crippen molar-refractivity contribution in [1.29, 1.82) is 0 Å². The van der Waals surface area contributed by atoms with E-state index in [4.69, 9.17) is 31.2 Å². The topological polar surface area (TPSA) is 55.2 Å². The Morgan fingerprint density at radius 2 is 1.55 bits per heavy atom. The van der Waals surface area contributed by atoms with E-state index in [-0.39, 0.29) is 0 Å². The largest absolute Gasteiger partial charge is 0.493 e. The molecule has 0 aromatic heterocycles. The maximum absolute atomic E-state index is 6.03. The van der Waals surface area contributed by atoms with Crippen LogP contribution in [0, 0.1) is 6.92 Å². The van der Waals surface area contributed by atoms with E-state index < -0.39 is 0 Å². The zero-order valence-corrected chi connectivity index (χ0v) is 17.1. The number of aliphatic imine (C=N–C) groups is 1. The van der Waals surface area contributed by atoms with Crippen molar-refractivity contribution in [2.75, 3.05) is 14.2 Å². The number of rotatable bonds is 4. The van der Waals surface area contributed by atoms with Crippen LogP contribution >= 0.6 is 11.6 Å². The highest BCUT2D eigenvalue weighted by Crippen LogP contribution is 2.32. The Morgan fingerprint density at radius 3 is 2.28 bits per heavy atom. The molecule has 1 aliphatic heterocycles. The van der Waals surface area contributed by atoms with Gasteiger partial charge in [0.15, 0.2) is 17.3 Å². The normalized spacial score (nSPS) is 12.8. The van der Waals surface area contributed by atoms with Crippen LogP contribution in [-0.4, -0.2) is 25.8 Å². The lowest BCUT2D eigenvalue weighted by Crippen LogP contribution is -2.19. The lowest BCUT2D eigenvalue weighted by Gasteiger charge is -2.12. The Kier molecular flexibility index (Phi) is 5.23. The molecule has 0 spiro atoms. The van der Waals surface area contributed by atoms with Crippen LogP contribution in [0.25, 0.3) is 0 Å². The van der Waals surface area contributed by atoms with Crippen molar-refractivity contribution in [2.24, 2.45) is 10.1 Å². The molecule has 6 heteroatoms. The van der Waals surface area contributed by atoms with Crippen LogP contribution in [0.15, 0.2) is 70.8 Å². The van der Waals surface area contributed by atoms with Crippen LogP contribution < -0.4 is 14.9 Å². The van der Waals surface area contributed by atoms with Crippen molar-refractivity contribution in [3.05, 3.63) is 87.9 Å². The molecule has 0 bridgehead atoms. The molecule has 0 atom stereocenters. The van der Waals surface area contributed by atoms with Crippen LogP contribution in [0.4, 0.5) is 5.69 Å². The number of methoxy groups -OCH3 is 2. The lowest BCUT2D eigenvalue weighted by molar-refractivity contribution is 0.355. The van der Waals surface area contributed by atoms with Gasteiger partial charge >= 0.3 is 0 Å². The second-order valence-corrected chi connectivity index (χ2v) is 7.07. The summed E-state index contributed by atoms with van der Waals surface area (Å²) in [6.07, 6.45) is 0. The summed E-state index contributed by atoms with van der Waals surface area (Å²) in [5.41, 5.74) is 8.59. The first-order valence-electron chi connectivity index (χ1n) is 9.11. The second kappa shape index (κ2) is 7.97. The first-order valence-corrected chi connectivity index (χ1v) is 9.48. The van der Waals surface area contributed by atoms with Gasteiger partial charge in [-0.3, -0.25) is 5.43 Å². The van der Waals surface area contributed by atoms with E-state index in [2.05, 4.69) is 18.4 Å². The monoisotopic (exact) mass is 405 g/mol. The average molecular weight is 406 g/mol. The lowest BCUT2D eigenvalue weighted by atomic mass is 9.98. The second-order valence-electron chi connectivity index (χ2n) is 6.63. The molecule has 0 aliphatic carbocycles. The SMILES string of the molecule is COc1ccc(C2=NNC(c3ccc(Cl)cc3)=Nc3ccc(C)cc32)cc1OC. The number of ether oxygens (including phenoxy) is 2. The van der Waals surface area contributed by atoms with Crippen molar-refractivity contribution < 1.29 is 9.47 Å². The van der Waals surface area contributed by atoms with Gasteiger partial charge in [0.1, 0.15) is 5.71 Å². The Morgan fingerprint density at radius 1 is 0.828 bits per heavy atom. The third-order valence-electron chi connectivity index (χ3n) is 4.69. The van der Waals surface area contributed by atoms with E-state index in [1.165, 1.54) is 0 Å². The molecule has 1 N–H and O–H groups in total. The smallest absolute Gasteiger partial charge is 0.161 e. The van der Waals surface area contributed by atoms with E-state index >= 15 is 0 Å². The summed E-state index contributed by atoms with van der Waals surface area (Å²) >= 11 is 6.03. The van der Waals surface area contributed by atoms with Crippen LogP contribution in [0.1, 0.15) is 22.3 Å². The molecule has 5 nitrogen and oxygen atoms in total. The molecular formula is C23H20ClN3O2. The maximum Gasteiger partial charge on any atom is 0.161 e. The summed E-state index contributed by atoms with van der Waals surface area (Å²) in [5, 5.41) is 5.37. The van der Waals surface area contributed by atoms with Crippen LogP contribution in [0.3, 0.4) is 0 Å². The fourth-order valence-corrected chi connectivity index (χ4v) is 3.32. The van der Waals surface area contributed by atoms with Crippen molar-refractivity contribution in [3.8, 4) is 11.5 Å². The highest BCUT2D eigenvalue weighted by Gasteiger charge is 2.19. The number of nitrogens with one attached hydrogen (secondary N) is 1.